The second-order valence-electron chi connectivity index (χ2n) is 3.46. The Labute approximate surface area is 103 Å². The first-order valence-corrected chi connectivity index (χ1v) is 5.18. The largest absolute Gasteiger partial charge is 0.465 e. The van der Waals surface area contributed by atoms with Crippen molar-refractivity contribution in [1.29, 1.82) is 0 Å². The summed E-state index contributed by atoms with van der Waals surface area (Å²) in [5.41, 5.74) is 7.05. The van der Waals surface area contributed by atoms with E-state index < -0.39 is 5.97 Å². The Morgan fingerprint density at radius 3 is 3.06 bits per heavy atom. The SMILES string of the molecule is COC(=O)c1ccnc(NCc2ccon2)c1N. The van der Waals surface area contributed by atoms with E-state index in [0.29, 0.717) is 18.1 Å². The Morgan fingerprint density at radius 1 is 1.56 bits per heavy atom. The highest BCUT2D eigenvalue weighted by atomic mass is 16.5. The van der Waals surface area contributed by atoms with E-state index >= 15 is 0 Å². The first-order valence-electron chi connectivity index (χ1n) is 5.18. The molecule has 2 aromatic heterocycles. The molecule has 0 amide bonds. The van der Waals surface area contributed by atoms with E-state index in [-0.39, 0.29) is 11.3 Å². The minimum absolute atomic E-state index is 0.243. The Bertz CT molecular complexity index is 539. The molecular formula is C11H12N4O3. The second-order valence-corrected chi connectivity index (χ2v) is 3.46. The molecular weight excluding hydrogens is 236 g/mol. The first-order chi connectivity index (χ1) is 8.72. The normalized spacial score (nSPS) is 10.1. The zero-order valence-electron chi connectivity index (χ0n) is 9.71. The summed E-state index contributed by atoms with van der Waals surface area (Å²) in [6.45, 7) is 0.401. The summed E-state index contributed by atoms with van der Waals surface area (Å²) in [5.74, 6) is -0.0970. The molecule has 0 saturated carbocycles. The van der Waals surface area contributed by atoms with Crippen LogP contribution in [0.5, 0.6) is 0 Å². The van der Waals surface area contributed by atoms with Crippen molar-refractivity contribution in [3.05, 3.63) is 35.9 Å². The number of methoxy groups -OCH3 is 1. The van der Waals surface area contributed by atoms with Crippen molar-refractivity contribution in [1.82, 2.24) is 10.1 Å². The second kappa shape index (κ2) is 5.17. The summed E-state index contributed by atoms with van der Waals surface area (Å²) in [5, 5.41) is 6.71. The molecule has 2 rings (SSSR count). The van der Waals surface area contributed by atoms with E-state index in [2.05, 4.69) is 20.2 Å². The first kappa shape index (κ1) is 11.9. The highest BCUT2D eigenvalue weighted by Crippen LogP contribution is 2.21. The number of nitrogens with one attached hydrogen (secondary N) is 1. The van der Waals surface area contributed by atoms with E-state index in [1.54, 1.807) is 6.07 Å². The van der Waals surface area contributed by atoms with E-state index in [1.807, 2.05) is 0 Å². The Morgan fingerprint density at radius 2 is 2.39 bits per heavy atom. The van der Waals surface area contributed by atoms with Crippen LogP contribution in [0.3, 0.4) is 0 Å². The van der Waals surface area contributed by atoms with E-state index in [0.717, 1.165) is 0 Å². The summed E-state index contributed by atoms with van der Waals surface area (Å²) in [6.07, 6.45) is 2.95. The van der Waals surface area contributed by atoms with Crippen molar-refractivity contribution in [3.63, 3.8) is 0 Å². The van der Waals surface area contributed by atoms with Crippen molar-refractivity contribution in [2.45, 2.75) is 6.54 Å². The summed E-state index contributed by atoms with van der Waals surface area (Å²) in [4.78, 5) is 15.5. The van der Waals surface area contributed by atoms with Crippen LogP contribution in [-0.2, 0) is 11.3 Å². The number of rotatable bonds is 4. The Kier molecular flexibility index (Phi) is 3.42. The number of ether oxygens (including phenoxy) is 1. The van der Waals surface area contributed by atoms with Gasteiger partial charge < -0.3 is 20.3 Å². The lowest BCUT2D eigenvalue weighted by molar-refractivity contribution is 0.0602. The Balaban J connectivity index is 2.16. The molecule has 7 heteroatoms. The van der Waals surface area contributed by atoms with Crippen LogP contribution in [0, 0.1) is 0 Å². The third-order valence-electron chi connectivity index (χ3n) is 2.32. The standard InChI is InChI=1S/C11H12N4O3/c1-17-11(16)8-2-4-13-10(9(8)12)14-6-7-3-5-18-15-7/h2-5H,6,12H2,1H3,(H,13,14). The van der Waals surface area contributed by atoms with Gasteiger partial charge in [0.15, 0.2) is 0 Å². The average molecular weight is 248 g/mol. The van der Waals surface area contributed by atoms with Crippen molar-refractivity contribution in [2.75, 3.05) is 18.2 Å². The number of esters is 1. The number of nitrogens with zero attached hydrogens (tertiary/aromatic N) is 2. The van der Waals surface area contributed by atoms with Gasteiger partial charge in [0.25, 0.3) is 0 Å². The van der Waals surface area contributed by atoms with Gasteiger partial charge in [-0.15, -0.1) is 0 Å². The molecule has 2 heterocycles. The summed E-state index contributed by atoms with van der Waals surface area (Å²) < 4.78 is 9.32. The van der Waals surface area contributed by atoms with Gasteiger partial charge in [-0.1, -0.05) is 5.16 Å². The number of carbonyl (C=O) groups is 1. The van der Waals surface area contributed by atoms with Gasteiger partial charge in [0.1, 0.15) is 17.8 Å². The maximum atomic E-state index is 11.4. The lowest BCUT2D eigenvalue weighted by Gasteiger charge is -2.09. The number of nitrogens with two attached hydrogens (primary N) is 1. The molecule has 0 unspecified atom stereocenters. The van der Waals surface area contributed by atoms with Crippen LogP contribution in [0.15, 0.2) is 29.1 Å². The van der Waals surface area contributed by atoms with Gasteiger partial charge in [-0.3, -0.25) is 0 Å². The van der Waals surface area contributed by atoms with Gasteiger partial charge in [0.2, 0.25) is 0 Å². The Hall–Kier alpha value is -2.57. The number of hydrogen-bond acceptors (Lipinski definition) is 7. The van der Waals surface area contributed by atoms with E-state index in [4.69, 9.17) is 10.3 Å². The van der Waals surface area contributed by atoms with Crippen molar-refractivity contribution in [3.8, 4) is 0 Å². The predicted molar refractivity (Wildman–Crippen MR) is 63.8 cm³/mol. The molecule has 0 aliphatic carbocycles. The van der Waals surface area contributed by atoms with Crippen LogP contribution in [0.4, 0.5) is 11.5 Å². The molecule has 0 atom stereocenters. The number of pyridine rings is 1. The van der Waals surface area contributed by atoms with Crippen LogP contribution < -0.4 is 11.1 Å². The fraction of sp³-hybridized carbons (Fsp3) is 0.182. The smallest absolute Gasteiger partial charge is 0.340 e. The van der Waals surface area contributed by atoms with Gasteiger partial charge in [-0.05, 0) is 6.07 Å². The third-order valence-corrected chi connectivity index (χ3v) is 2.32. The number of hydrogen-bond donors (Lipinski definition) is 2. The van der Waals surface area contributed by atoms with Crippen LogP contribution in [-0.4, -0.2) is 23.2 Å². The van der Waals surface area contributed by atoms with E-state index in [9.17, 15) is 4.79 Å². The van der Waals surface area contributed by atoms with Gasteiger partial charge in [-0.2, -0.15) is 0 Å². The molecule has 94 valence electrons. The molecule has 0 spiro atoms. The quantitative estimate of drug-likeness (QED) is 0.779. The molecule has 3 N–H and O–H groups in total. The summed E-state index contributed by atoms with van der Waals surface area (Å²) in [6, 6.07) is 3.22. The van der Waals surface area contributed by atoms with Crippen molar-refractivity contribution >= 4 is 17.5 Å². The van der Waals surface area contributed by atoms with E-state index in [1.165, 1.54) is 25.6 Å². The lowest BCUT2D eigenvalue weighted by atomic mass is 10.2. The van der Waals surface area contributed by atoms with Crippen LogP contribution in [0.25, 0.3) is 0 Å². The average Bonchev–Trinajstić information content (AvgIpc) is 2.90. The molecule has 0 aliphatic heterocycles. The molecule has 0 radical (unpaired) electrons. The maximum absolute atomic E-state index is 11.4. The third kappa shape index (κ3) is 2.40. The van der Waals surface area contributed by atoms with Gasteiger partial charge in [-0.25, -0.2) is 9.78 Å². The number of anilines is 2. The van der Waals surface area contributed by atoms with Crippen LogP contribution in [0.1, 0.15) is 16.1 Å². The van der Waals surface area contributed by atoms with Gasteiger partial charge >= 0.3 is 5.97 Å². The fourth-order valence-electron chi connectivity index (χ4n) is 1.41. The highest BCUT2D eigenvalue weighted by Gasteiger charge is 2.13. The zero-order chi connectivity index (χ0) is 13.0. The van der Waals surface area contributed by atoms with Gasteiger partial charge in [0.05, 0.1) is 24.9 Å². The number of carbonyl (C=O) groups excluding carboxylic acids is 1. The monoisotopic (exact) mass is 248 g/mol. The predicted octanol–water partition coefficient (Wildman–Crippen LogP) is 1.05. The molecule has 2 aromatic rings. The summed E-state index contributed by atoms with van der Waals surface area (Å²) in [7, 11) is 1.30. The molecule has 0 bridgehead atoms. The van der Waals surface area contributed by atoms with Crippen molar-refractivity contribution in [2.24, 2.45) is 0 Å². The van der Waals surface area contributed by atoms with Crippen molar-refractivity contribution < 1.29 is 14.1 Å². The number of aromatic nitrogens is 2. The molecule has 0 saturated heterocycles. The topological polar surface area (TPSA) is 103 Å². The number of nitrogen functional groups attached to an aromatic ring is 1. The summed E-state index contributed by atoms with van der Waals surface area (Å²) >= 11 is 0. The van der Waals surface area contributed by atoms with Gasteiger partial charge in [0, 0.05) is 12.3 Å². The molecule has 7 nitrogen and oxygen atoms in total. The molecule has 0 aliphatic rings. The molecule has 0 fully saturated rings. The minimum Gasteiger partial charge on any atom is -0.465 e. The van der Waals surface area contributed by atoms with Crippen LogP contribution in [0.2, 0.25) is 0 Å². The highest BCUT2D eigenvalue weighted by molar-refractivity contribution is 5.97. The lowest BCUT2D eigenvalue weighted by Crippen LogP contribution is -2.10. The minimum atomic E-state index is -0.501. The fourth-order valence-corrected chi connectivity index (χ4v) is 1.41. The molecule has 0 aromatic carbocycles. The van der Waals surface area contributed by atoms with Crippen LogP contribution >= 0.6 is 0 Å². The zero-order valence-corrected chi connectivity index (χ0v) is 9.71. The maximum Gasteiger partial charge on any atom is 0.340 e. The molecule has 18 heavy (non-hydrogen) atoms.